The van der Waals surface area contributed by atoms with Crippen molar-refractivity contribution in [3.8, 4) is 0 Å². The SMILES string of the molecule is CCCn1c(NC(=O)[C@@H]2CC[C@H](CN)O2)nc2ccccc21. The fraction of sp³-hybridized carbons (Fsp3) is 0.500. The number of hydrogen-bond acceptors (Lipinski definition) is 4. The van der Waals surface area contributed by atoms with Crippen LogP contribution < -0.4 is 11.1 Å². The van der Waals surface area contributed by atoms with E-state index in [9.17, 15) is 4.79 Å². The summed E-state index contributed by atoms with van der Waals surface area (Å²) >= 11 is 0. The Morgan fingerprint density at radius 1 is 1.45 bits per heavy atom. The van der Waals surface area contributed by atoms with Crippen molar-refractivity contribution in [2.24, 2.45) is 5.73 Å². The molecule has 1 aromatic heterocycles. The second kappa shape index (κ2) is 6.46. The summed E-state index contributed by atoms with van der Waals surface area (Å²) in [7, 11) is 0. The number of carbonyl (C=O) groups excluding carboxylic acids is 1. The van der Waals surface area contributed by atoms with Crippen molar-refractivity contribution in [3.63, 3.8) is 0 Å². The number of imidazole rings is 1. The van der Waals surface area contributed by atoms with Crippen LogP contribution in [0.3, 0.4) is 0 Å². The molecule has 1 fully saturated rings. The van der Waals surface area contributed by atoms with Crippen LogP contribution >= 0.6 is 0 Å². The molecule has 3 rings (SSSR count). The number of aromatic nitrogens is 2. The van der Waals surface area contributed by atoms with Gasteiger partial charge in [0.2, 0.25) is 5.95 Å². The number of rotatable bonds is 5. The van der Waals surface area contributed by atoms with Crippen molar-refractivity contribution in [3.05, 3.63) is 24.3 Å². The molecule has 1 aromatic carbocycles. The predicted molar refractivity (Wildman–Crippen MR) is 85.6 cm³/mol. The van der Waals surface area contributed by atoms with Gasteiger partial charge in [0.05, 0.1) is 17.1 Å². The van der Waals surface area contributed by atoms with Gasteiger partial charge in [-0.25, -0.2) is 4.98 Å². The zero-order chi connectivity index (χ0) is 15.5. The van der Waals surface area contributed by atoms with E-state index in [4.69, 9.17) is 10.5 Å². The van der Waals surface area contributed by atoms with Crippen LogP contribution in [0.25, 0.3) is 11.0 Å². The molecule has 1 saturated heterocycles. The molecule has 0 radical (unpaired) electrons. The highest BCUT2D eigenvalue weighted by molar-refractivity contribution is 5.94. The Labute approximate surface area is 129 Å². The molecular formula is C16H22N4O2. The van der Waals surface area contributed by atoms with E-state index >= 15 is 0 Å². The van der Waals surface area contributed by atoms with E-state index in [1.807, 2.05) is 28.8 Å². The van der Waals surface area contributed by atoms with Gasteiger partial charge in [-0.3, -0.25) is 10.1 Å². The Kier molecular flexibility index (Phi) is 4.40. The van der Waals surface area contributed by atoms with E-state index in [0.717, 1.165) is 30.4 Å². The van der Waals surface area contributed by atoms with Gasteiger partial charge >= 0.3 is 0 Å². The lowest BCUT2D eigenvalue weighted by molar-refractivity contribution is -0.126. The van der Waals surface area contributed by atoms with Crippen LogP contribution in [0.5, 0.6) is 0 Å². The first kappa shape index (κ1) is 15.0. The zero-order valence-electron chi connectivity index (χ0n) is 12.8. The second-order valence-corrected chi connectivity index (χ2v) is 5.62. The number of nitrogens with one attached hydrogen (secondary N) is 1. The van der Waals surface area contributed by atoms with Crippen LogP contribution in [-0.4, -0.2) is 34.2 Å². The van der Waals surface area contributed by atoms with Gasteiger partial charge in [-0.2, -0.15) is 0 Å². The molecule has 0 aliphatic carbocycles. The summed E-state index contributed by atoms with van der Waals surface area (Å²) < 4.78 is 7.69. The fourth-order valence-corrected chi connectivity index (χ4v) is 2.88. The second-order valence-electron chi connectivity index (χ2n) is 5.62. The highest BCUT2D eigenvalue weighted by Crippen LogP contribution is 2.23. The number of hydrogen-bond donors (Lipinski definition) is 2. The minimum absolute atomic E-state index is 0.00907. The van der Waals surface area contributed by atoms with Gasteiger partial charge in [-0.15, -0.1) is 0 Å². The van der Waals surface area contributed by atoms with Gasteiger partial charge in [0.15, 0.2) is 0 Å². The molecule has 2 atom stereocenters. The lowest BCUT2D eigenvalue weighted by atomic mass is 10.2. The van der Waals surface area contributed by atoms with Crippen LogP contribution in [0.1, 0.15) is 26.2 Å². The Morgan fingerprint density at radius 3 is 3.00 bits per heavy atom. The quantitative estimate of drug-likeness (QED) is 0.883. The number of aryl methyl sites for hydroxylation is 1. The van der Waals surface area contributed by atoms with E-state index in [0.29, 0.717) is 18.9 Å². The third-order valence-electron chi connectivity index (χ3n) is 4.00. The molecule has 0 unspecified atom stereocenters. The molecule has 2 aromatic rings. The normalized spacial score (nSPS) is 21.4. The molecule has 1 aliphatic heterocycles. The minimum atomic E-state index is -0.427. The number of anilines is 1. The number of ether oxygens (including phenoxy) is 1. The maximum absolute atomic E-state index is 12.4. The van der Waals surface area contributed by atoms with Crippen LogP contribution in [0, 0.1) is 0 Å². The van der Waals surface area contributed by atoms with Gasteiger partial charge in [0, 0.05) is 13.1 Å². The predicted octanol–water partition coefficient (Wildman–Crippen LogP) is 1.89. The Hall–Kier alpha value is -1.92. The number of amides is 1. The average molecular weight is 302 g/mol. The van der Waals surface area contributed by atoms with Gasteiger partial charge < -0.3 is 15.0 Å². The standard InChI is InChI=1S/C16H22N4O2/c1-2-9-20-13-6-4-3-5-12(13)18-16(20)19-15(21)14-8-7-11(10-17)22-14/h3-6,11,14H,2,7-10,17H2,1H3,(H,18,19,21)/t11-,14+/m1/s1. The molecule has 1 amide bonds. The largest absolute Gasteiger partial charge is 0.364 e. The first-order valence-corrected chi connectivity index (χ1v) is 7.84. The monoisotopic (exact) mass is 302 g/mol. The fourth-order valence-electron chi connectivity index (χ4n) is 2.88. The maximum atomic E-state index is 12.4. The van der Waals surface area contributed by atoms with E-state index in [1.165, 1.54) is 0 Å². The molecule has 22 heavy (non-hydrogen) atoms. The van der Waals surface area contributed by atoms with E-state index < -0.39 is 6.10 Å². The molecule has 118 valence electrons. The lowest BCUT2D eigenvalue weighted by Crippen LogP contribution is -2.30. The van der Waals surface area contributed by atoms with E-state index in [1.54, 1.807) is 0 Å². The van der Waals surface area contributed by atoms with Crippen LogP contribution in [0.2, 0.25) is 0 Å². The maximum Gasteiger partial charge on any atom is 0.255 e. The van der Waals surface area contributed by atoms with E-state index in [-0.39, 0.29) is 12.0 Å². The van der Waals surface area contributed by atoms with Gasteiger partial charge in [-0.1, -0.05) is 19.1 Å². The molecule has 3 N–H and O–H groups in total. The van der Waals surface area contributed by atoms with Crippen molar-refractivity contribution in [1.29, 1.82) is 0 Å². The number of carbonyl (C=O) groups is 1. The molecule has 6 heteroatoms. The summed E-state index contributed by atoms with van der Waals surface area (Å²) in [5.41, 5.74) is 7.51. The lowest BCUT2D eigenvalue weighted by Gasteiger charge is -2.13. The Morgan fingerprint density at radius 2 is 2.27 bits per heavy atom. The number of nitrogens with two attached hydrogens (primary N) is 1. The van der Waals surface area contributed by atoms with Gasteiger partial charge in [0.25, 0.3) is 5.91 Å². The molecule has 6 nitrogen and oxygen atoms in total. The summed E-state index contributed by atoms with van der Waals surface area (Å²) in [4.78, 5) is 16.9. The summed E-state index contributed by atoms with van der Waals surface area (Å²) in [6, 6.07) is 7.90. The van der Waals surface area contributed by atoms with Crippen molar-refractivity contribution < 1.29 is 9.53 Å². The molecule has 0 bridgehead atoms. The van der Waals surface area contributed by atoms with Crippen molar-refractivity contribution in [1.82, 2.24) is 9.55 Å². The third kappa shape index (κ3) is 2.84. The first-order valence-electron chi connectivity index (χ1n) is 7.84. The van der Waals surface area contributed by atoms with Crippen LogP contribution in [0.15, 0.2) is 24.3 Å². The third-order valence-corrected chi connectivity index (χ3v) is 4.00. The van der Waals surface area contributed by atoms with Crippen molar-refractivity contribution in [2.75, 3.05) is 11.9 Å². The number of para-hydroxylation sites is 2. The highest BCUT2D eigenvalue weighted by Gasteiger charge is 2.30. The molecule has 0 spiro atoms. The Bertz CT molecular complexity index is 667. The molecule has 1 aliphatic rings. The van der Waals surface area contributed by atoms with Crippen LogP contribution in [-0.2, 0) is 16.1 Å². The number of fused-ring (bicyclic) bond motifs is 1. The molecule has 0 saturated carbocycles. The van der Waals surface area contributed by atoms with Crippen molar-refractivity contribution >= 4 is 22.9 Å². The van der Waals surface area contributed by atoms with E-state index in [2.05, 4.69) is 17.2 Å². The zero-order valence-corrected chi connectivity index (χ0v) is 12.8. The summed E-state index contributed by atoms with van der Waals surface area (Å²) in [6.45, 7) is 3.37. The van der Waals surface area contributed by atoms with Crippen molar-refractivity contribution in [2.45, 2.75) is 44.9 Å². The average Bonchev–Trinajstić information content (AvgIpc) is 3.13. The minimum Gasteiger partial charge on any atom is -0.364 e. The van der Waals surface area contributed by atoms with Gasteiger partial charge in [0.1, 0.15) is 6.10 Å². The molecular weight excluding hydrogens is 280 g/mol. The summed E-state index contributed by atoms with van der Waals surface area (Å²) in [5, 5.41) is 2.92. The van der Waals surface area contributed by atoms with Gasteiger partial charge in [-0.05, 0) is 31.4 Å². The highest BCUT2D eigenvalue weighted by atomic mass is 16.5. The summed E-state index contributed by atoms with van der Waals surface area (Å²) in [5.74, 6) is 0.455. The topological polar surface area (TPSA) is 82.2 Å². The van der Waals surface area contributed by atoms with Crippen LogP contribution in [0.4, 0.5) is 5.95 Å². The first-order chi connectivity index (χ1) is 10.7. The number of benzene rings is 1. The number of nitrogens with zero attached hydrogens (tertiary/aromatic N) is 2. The Balaban J connectivity index is 1.81. The molecule has 2 heterocycles. The summed E-state index contributed by atoms with van der Waals surface area (Å²) in [6.07, 6.45) is 2.08. The smallest absolute Gasteiger partial charge is 0.255 e.